The monoisotopic (exact) mass is 268 g/mol. The van der Waals surface area contributed by atoms with E-state index in [-0.39, 0.29) is 0 Å². The van der Waals surface area contributed by atoms with Gasteiger partial charge in [0.15, 0.2) is 5.82 Å². The lowest BCUT2D eigenvalue weighted by atomic mass is 10.1. The predicted molar refractivity (Wildman–Crippen MR) is 79.3 cm³/mol. The summed E-state index contributed by atoms with van der Waals surface area (Å²) in [7, 11) is 0. The number of hydrazine groups is 1. The minimum atomic E-state index is 0.628. The van der Waals surface area contributed by atoms with Crippen LogP contribution in [-0.2, 0) is 0 Å². The van der Waals surface area contributed by atoms with E-state index in [1.54, 1.807) is 0 Å². The first-order chi connectivity index (χ1) is 9.61. The number of hydrogen-bond acceptors (Lipinski definition) is 5. The Morgan fingerprint density at radius 3 is 2.60 bits per heavy atom. The van der Waals surface area contributed by atoms with Crippen molar-refractivity contribution in [3.8, 4) is 11.4 Å². The lowest BCUT2D eigenvalue weighted by Crippen LogP contribution is -2.12. The number of fused-ring (bicyclic) bond motifs is 1. The van der Waals surface area contributed by atoms with Gasteiger partial charge in [0.1, 0.15) is 17.2 Å². The molecule has 0 unspecified atom stereocenters. The molecule has 2 aromatic heterocycles. The molecule has 2 heterocycles. The molecule has 0 radical (unpaired) electrons. The second-order valence-electron chi connectivity index (χ2n) is 4.78. The Kier molecular flexibility index (Phi) is 2.91. The number of nitrogens with zero attached hydrogens (tertiary/aromatic N) is 2. The molecule has 3 N–H and O–H groups in total. The van der Waals surface area contributed by atoms with Gasteiger partial charge in [-0.05, 0) is 26.8 Å². The van der Waals surface area contributed by atoms with Crippen LogP contribution in [0.3, 0.4) is 0 Å². The van der Waals surface area contributed by atoms with E-state index in [1.807, 2.05) is 45.0 Å². The van der Waals surface area contributed by atoms with Gasteiger partial charge < -0.3 is 9.84 Å². The molecule has 20 heavy (non-hydrogen) atoms. The smallest absolute Gasteiger partial charge is 0.165 e. The molecular formula is C15H16N4O. The molecule has 0 aliphatic carbocycles. The quantitative estimate of drug-likeness (QED) is 0.551. The summed E-state index contributed by atoms with van der Waals surface area (Å²) < 4.78 is 5.77. The Bertz CT molecular complexity index is 792. The van der Waals surface area contributed by atoms with Gasteiger partial charge in [0, 0.05) is 16.6 Å². The van der Waals surface area contributed by atoms with Gasteiger partial charge in [0.05, 0.1) is 5.56 Å². The fourth-order valence-corrected chi connectivity index (χ4v) is 2.33. The van der Waals surface area contributed by atoms with Crippen molar-refractivity contribution < 1.29 is 4.42 Å². The van der Waals surface area contributed by atoms with Gasteiger partial charge in [-0.2, -0.15) is 0 Å². The number of benzene rings is 1. The molecule has 3 rings (SSSR count). The van der Waals surface area contributed by atoms with E-state index in [1.165, 1.54) is 0 Å². The third-order valence-corrected chi connectivity index (χ3v) is 3.52. The third-order valence-electron chi connectivity index (χ3n) is 3.52. The molecular weight excluding hydrogens is 252 g/mol. The van der Waals surface area contributed by atoms with Gasteiger partial charge in [-0.1, -0.05) is 18.2 Å². The van der Waals surface area contributed by atoms with Gasteiger partial charge >= 0.3 is 0 Å². The van der Waals surface area contributed by atoms with Crippen LogP contribution in [0.15, 0.2) is 28.7 Å². The van der Waals surface area contributed by atoms with Gasteiger partial charge in [0.25, 0.3) is 0 Å². The zero-order chi connectivity index (χ0) is 14.3. The van der Waals surface area contributed by atoms with Crippen LogP contribution in [0.4, 0.5) is 5.82 Å². The summed E-state index contributed by atoms with van der Waals surface area (Å²) in [5.41, 5.74) is 6.22. The highest BCUT2D eigenvalue weighted by Gasteiger charge is 2.17. The second kappa shape index (κ2) is 4.61. The van der Waals surface area contributed by atoms with Crippen molar-refractivity contribution in [2.45, 2.75) is 20.8 Å². The number of rotatable bonds is 2. The Balaban J connectivity index is 2.31. The average molecular weight is 268 g/mol. The normalized spacial score (nSPS) is 11.0. The highest BCUT2D eigenvalue weighted by Crippen LogP contribution is 2.33. The zero-order valence-electron chi connectivity index (χ0n) is 11.7. The number of anilines is 1. The summed E-state index contributed by atoms with van der Waals surface area (Å²) in [4.78, 5) is 9.07. The van der Waals surface area contributed by atoms with Crippen LogP contribution in [0, 0.1) is 20.8 Å². The topological polar surface area (TPSA) is 77.0 Å². The molecule has 0 saturated heterocycles. The van der Waals surface area contributed by atoms with Crippen molar-refractivity contribution in [1.29, 1.82) is 0 Å². The Labute approximate surface area is 116 Å². The second-order valence-corrected chi connectivity index (χ2v) is 4.78. The maximum atomic E-state index is 5.77. The van der Waals surface area contributed by atoms with Crippen LogP contribution >= 0.6 is 0 Å². The van der Waals surface area contributed by atoms with Crippen LogP contribution in [-0.4, -0.2) is 9.97 Å². The number of aryl methyl sites for hydroxylation is 2. The first-order valence-corrected chi connectivity index (χ1v) is 6.42. The molecule has 0 saturated carbocycles. The van der Waals surface area contributed by atoms with E-state index in [0.717, 1.165) is 33.6 Å². The molecule has 0 fully saturated rings. The molecule has 0 aliphatic rings. The maximum Gasteiger partial charge on any atom is 0.165 e. The summed E-state index contributed by atoms with van der Waals surface area (Å²) >= 11 is 0. The lowest BCUT2D eigenvalue weighted by Gasteiger charge is -2.09. The summed E-state index contributed by atoms with van der Waals surface area (Å²) in [6.45, 7) is 5.80. The molecule has 102 valence electrons. The van der Waals surface area contributed by atoms with E-state index in [0.29, 0.717) is 11.6 Å². The fraction of sp³-hybridized carbons (Fsp3) is 0.200. The van der Waals surface area contributed by atoms with Crippen molar-refractivity contribution in [3.63, 3.8) is 0 Å². The molecule has 0 atom stereocenters. The van der Waals surface area contributed by atoms with E-state index >= 15 is 0 Å². The number of hydrogen-bond donors (Lipinski definition) is 2. The zero-order valence-corrected chi connectivity index (χ0v) is 11.7. The molecule has 0 bridgehead atoms. The largest absolute Gasteiger partial charge is 0.461 e. The molecule has 5 nitrogen and oxygen atoms in total. The van der Waals surface area contributed by atoms with Crippen molar-refractivity contribution >= 4 is 16.8 Å². The number of nitrogens with two attached hydrogens (primary N) is 1. The fourth-order valence-electron chi connectivity index (χ4n) is 2.33. The van der Waals surface area contributed by atoms with Crippen LogP contribution in [0.1, 0.15) is 17.0 Å². The maximum absolute atomic E-state index is 5.77. The van der Waals surface area contributed by atoms with E-state index in [9.17, 15) is 0 Å². The van der Waals surface area contributed by atoms with Gasteiger partial charge in [-0.3, -0.25) is 0 Å². The molecule has 1 aromatic carbocycles. The molecule has 0 amide bonds. The number of aromatic nitrogens is 2. The van der Waals surface area contributed by atoms with Crippen LogP contribution in [0.5, 0.6) is 0 Å². The van der Waals surface area contributed by atoms with E-state index in [2.05, 4.69) is 15.4 Å². The van der Waals surface area contributed by atoms with Gasteiger partial charge in [-0.25, -0.2) is 15.8 Å². The van der Waals surface area contributed by atoms with E-state index < -0.39 is 0 Å². The van der Waals surface area contributed by atoms with Crippen molar-refractivity contribution in [2.75, 3.05) is 5.43 Å². The molecule has 0 spiro atoms. The number of nitrogen functional groups attached to an aromatic ring is 1. The van der Waals surface area contributed by atoms with Gasteiger partial charge in [-0.15, -0.1) is 0 Å². The van der Waals surface area contributed by atoms with Crippen LogP contribution in [0.2, 0.25) is 0 Å². The molecule has 5 heteroatoms. The highest BCUT2D eigenvalue weighted by molar-refractivity contribution is 5.93. The van der Waals surface area contributed by atoms with Crippen LogP contribution in [0.25, 0.3) is 22.4 Å². The summed E-state index contributed by atoms with van der Waals surface area (Å²) in [6, 6.07) is 7.87. The SMILES string of the molecule is Cc1nc(-c2c(C)oc3ccccc23)nc(NN)c1C. The Morgan fingerprint density at radius 2 is 1.85 bits per heavy atom. The number of nitrogens with one attached hydrogen (secondary N) is 1. The highest BCUT2D eigenvalue weighted by atomic mass is 16.3. The van der Waals surface area contributed by atoms with Crippen LogP contribution < -0.4 is 11.3 Å². The number of furan rings is 1. The first-order valence-electron chi connectivity index (χ1n) is 6.42. The minimum Gasteiger partial charge on any atom is -0.461 e. The standard InChI is InChI=1S/C15H16N4O/c1-8-9(2)17-15(18-14(8)19-16)13-10(3)20-12-7-5-4-6-11(12)13/h4-7H,16H2,1-3H3,(H,17,18,19). The molecule has 0 aliphatic heterocycles. The Hall–Kier alpha value is -2.40. The molecule has 3 aromatic rings. The van der Waals surface area contributed by atoms with Gasteiger partial charge in [0.2, 0.25) is 0 Å². The lowest BCUT2D eigenvalue weighted by molar-refractivity contribution is 0.579. The van der Waals surface area contributed by atoms with Crippen molar-refractivity contribution in [1.82, 2.24) is 9.97 Å². The predicted octanol–water partition coefficient (Wildman–Crippen LogP) is 3.10. The summed E-state index contributed by atoms with van der Waals surface area (Å²) in [6.07, 6.45) is 0. The minimum absolute atomic E-state index is 0.628. The third kappa shape index (κ3) is 1.83. The average Bonchev–Trinajstić information content (AvgIpc) is 2.77. The van der Waals surface area contributed by atoms with E-state index in [4.69, 9.17) is 10.3 Å². The first kappa shape index (κ1) is 12.6. The summed E-state index contributed by atoms with van der Waals surface area (Å²) in [5.74, 6) is 7.60. The number of para-hydroxylation sites is 1. The summed E-state index contributed by atoms with van der Waals surface area (Å²) in [5, 5.41) is 1.01. The van der Waals surface area contributed by atoms with Crippen molar-refractivity contribution in [3.05, 3.63) is 41.3 Å². The van der Waals surface area contributed by atoms with Crippen molar-refractivity contribution in [2.24, 2.45) is 5.84 Å². The Morgan fingerprint density at radius 1 is 1.10 bits per heavy atom.